The molecule has 0 radical (unpaired) electrons. The average molecular weight is 166 g/mol. The zero-order chi connectivity index (χ0) is 8.55. The number of carbonyl (C=O) groups excluding carboxylic acids is 1. The van der Waals surface area contributed by atoms with Crippen LogP contribution in [0.25, 0.3) is 0 Å². The molecule has 12 heavy (non-hydrogen) atoms. The van der Waals surface area contributed by atoms with Crippen molar-refractivity contribution in [2.75, 3.05) is 0 Å². The van der Waals surface area contributed by atoms with Crippen LogP contribution in [0.5, 0.6) is 0 Å². The topological polar surface area (TPSA) is 17.1 Å². The van der Waals surface area contributed by atoms with Gasteiger partial charge in [-0.1, -0.05) is 26.2 Å². The summed E-state index contributed by atoms with van der Waals surface area (Å²) in [5, 5.41) is 0. The second-order valence-corrected chi connectivity index (χ2v) is 4.50. The van der Waals surface area contributed by atoms with Crippen LogP contribution < -0.4 is 0 Å². The first kappa shape index (κ1) is 8.28. The monoisotopic (exact) mass is 166 g/mol. The number of hydrogen-bond donors (Lipinski definition) is 0. The highest BCUT2D eigenvalue weighted by molar-refractivity contribution is 5.84. The third-order valence-electron chi connectivity index (χ3n) is 3.69. The van der Waals surface area contributed by atoms with Crippen LogP contribution in [0, 0.1) is 17.8 Å². The van der Waals surface area contributed by atoms with Crippen LogP contribution in [-0.4, -0.2) is 5.78 Å². The first-order valence-corrected chi connectivity index (χ1v) is 5.34. The molecule has 0 aromatic heterocycles. The van der Waals surface area contributed by atoms with Crippen LogP contribution in [0.3, 0.4) is 0 Å². The van der Waals surface area contributed by atoms with Crippen LogP contribution >= 0.6 is 0 Å². The molecule has 0 aromatic rings. The van der Waals surface area contributed by atoms with E-state index in [1.54, 1.807) is 0 Å². The molecule has 0 saturated heterocycles. The van der Waals surface area contributed by atoms with Gasteiger partial charge in [-0.15, -0.1) is 0 Å². The molecular weight excluding hydrogens is 148 g/mol. The van der Waals surface area contributed by atoms with Crippen LogP contribution in [0.4, 0.5) is 0 Å². The molecule has 3 unspecified atom stereocenters. The Bertz CT molecular complexity index is 185. The van der Waals surface area contributed by atoms with E-state index in [9.17, 15) is 4.79 Å². The molecule has 2 bridgehead atoms. The number of Topliss-reactive ketones (excluding diaryl/α,β-unsaturated/α-hetero) is 1. The smallest absolute Gasteiger partial charge is 0.136 e. The zero-order valence-corrected chi connectivity index (χ0v) is 7.88. The molecule has 2 rings (SSSR count). The van der Waals surface area contributed by atoms with Crippen molar-refractivity contribution in [3.05, 3.63) is 0 Å². The SMILES string of the molecule is CCCCC1CC2CC1CC2=O. The Hall–Kier alpha value is -0.330. The van der Waals surface area contributed by atoms with E-state index in [4.69, 9.17) is 0 Å². The Balaban J connectivity index is 1.86. The first-order valence-electron chi connectivity index (χ1n) is 5.34. The quantitative estimate of drug-likeness (QED) is 0.630. The number of rotatable bonds is 3. The lowest BCUT2D eigenvalue weighted by Gasteiger charge is -2.20. The predicted octanol–water partition coefficient (Wildman–Crippen LogP) is 2.79. The third-order valence-corrected chi connectivity index (χ3v) is 3.69. The third kappa shape index (κ3) is 1.30. The van der Waals surface area contributed by atoms with E-state index in [1.807, 2.05) is 0 Å². The first-order chi connectivity index (χ1) is 5.81. The van der Waals surface area contributed by atoms with E-state index in [0.29, 0.717) is 11.7 Å². The molecule has 0 aromatic carbocycles. The summed E-state index contributed by atoms with van der Waals surface area (Å²) < 4.78 is 0. The fraction of sp³-hybridized carbons (Fsp3) is 0.909. The van der Waals surface area contributed by atoms with E-state index in [1.165, 1.54) is 32.1 Å². The van der Waals surface area contributed by atoms with E-state index >= 15 is 0 Å². The Morgan fingerprint density at radius 2 is 2.25 bits per heavy atom. The van der Waals surface area contributed by atoms with Gasteiger partial charge in [-0.2, -0.15) is 0 Å². The minimum Gasteiger partial charge on any atom is -0.299 e. The summed E-state index contributed by atoms with van der Waals surface area (Å²) in [5.74, 6) is 2.74. The molecule has 2 fully saturated rings. The van der Waals surface area contributed by atoms with Crippen molar-refractivity contribution < 1.29 is 4.79 Å². The van der Waals surface area contributed by atoms with Gasteiger partial charge < -0.3 is 0 Å². The molecule has 0 amide bonds. The van der Waals surface area contributed by atoms with Gasteiger partial charge in [-0.25, -0.2) is 0 Å². The molecule has 68 valence electrons. The highest BCUT2D eigenvalue weighted by Gasteiger charge is 2.44. The lowest BCUT2D eigenvalue weighted by Crippen LogP contribution is -2.17. The fourth-order valence-corrected chi connectivity index (χ4v) is 2.97. The van der Waals surface area contributed by atoms with Crippen LogP contribution in [0.1, 0.15) is 45.4 Å². The Morgan fingerprint density at radius 1 is 1.42 bits per heavy atom. The zero-order valence-electron chi connectivity index (χ0n) is 7.88. The Kier molecular flexibility index (Phi) is 2.20. The standard InChI is InChI=1S/C11H18O/c1-2-3-4-8-5-10-6-9(8)7-11(10)12/h8-10H,2-7H2,1H3. The number of carbonyl (C=O) groups is 1. The van der Waals surface area contributed by atoms with E-state index < -0.39 is 0 Å². The van der Waals surface area contributed by atoms with Gasteiger partial charge in [0.05, 0.1) is 0 Å². The molecule has 1 nitrogen and oxygen atoms in total. The summed E-state index contributed by atoms with van der Waals surface area (Å²) in [5.41, 5.74) is 0. The number of fused-ring (bicyclic) bond motifs is 2. The van der Waals surface area contributed by atoms with Gasteiger partial charge in [0, 0.05) is 12.3 Å². The average Bonchev–Trinajstić information content (AvgIpc) is 2.58. The van der Waals surface area contributed by atoms with Crippen molar-refractivity contribution in [3.8, 4) is 0 Å². The van der Waals surface area contributed by atoms with Gasteiger partial charge in [-0.3, -0.25) is 4.79 Å². The molecule has 0 N–H and O–H groups in total. The lowest BCUT2D eigenvalue weighted by atomic mass is 9.85. The maximum Gasteiger partial charge on any atom is 0.136 e. The van der Waals surface area contributed by atoms with Gasteiger partial charge in [0.1, 0.15) is 5.78 Å². The van der Waals surface area contributed by atoms with Gasteiger partial charge in [0.2, 0.25) is 0 Å². The van der Waals surface area contributed by atoms with Crippen molar-refractivity contribution in [1.82, 2.24) is 0 Å². The summed E-state index contributed by atoms with van der Waals surface area (Å²) in [6.45, 7) is 2.25. The van der Waals surface area contributed by atoms with Gasteiger partial charge in [0.15, 0.2) is 0 Å². The summed E-state index contributed by atoms with van der Waals surface area (Å²) in [6, 6.07) is 0. The molecule has 0 aliphatic heterocycles. The molecule has 1 heteroatoms. The lowest BCUT2D eigenvalue weighted by molar-refractivity contribution is -0.122. The van der Waals surface area contributed by atoms with E-state index in [2.05, 4.69) is 6.92 Å². The summed E-state index contributed by atoms with van der Waals surface area (Å²) in [4.78, 5) is 11.3. The summed E-state index contributed by atoms with van der Waals surface area (Å²) >= 11 is 0. The maximum atomic E-state index is 11.3. The van der Waals surface area contributed by atoms with Crippen molar-refractivity contribution in [1.29, 1.82) is 0 Å². The van der Waals surface area contributed by atoms with Crippen molar-refractivity contribution in [3.63, 3.8) is 0 Å². The van der Waals surface area contributed by atoms with Crippen LogP contribution in [-0.2, 0) is 4.79 Å². The van der Waals surface area contributed by atoms with E-state index in [-0.39, 0.29) is 0 Å². The molecule has 2 aliphatic rings. The molecule has 2 saturated carbocycles. The van der Waals surface area contributed by atoms with Gasteiger partial charge in [0.25, 0.3) is 0 Å². The maximum absolute atomic E-state index is 11.3. The minimum absolute atomic E-state index is 0.483. The van der Waals surface area contributed by atoms with Gasteiger partial charge >= 0.3 is 0 Å². The van der Waals surface area contributed by atoms with Crippen molar-refractivity contribution in [2.45, 2.75) is 45.4 Å². The Labute approximate surface area is 74.5 Å². The molecule has 0 heterocycles. The summed E-state index contributed by atoms with van der Waals surface area (Å²) in [6.07, 6.45) is 7.42. The van der Waals surface area contributed by atoms with Crippen LogP contribution in [0.2, 0.25) is 0 Å². The largest absolute Gasteiger partial charge is 0.299 e. The molecule has 2 aliphatic carbocycles. The van der Waals surface area contributed by atoms with Crippen molar-refractivity contribution in [2.24, 2.45) is 17.8 Å². The normalized spacial score (nSPS) is 39.4. The Morgan fingerprint density at radius 3 is 2.75 bits per heavy atom. The molecule has 0 spiro atoms. The predicted molar refractivity (Wildman–Crippen MR) is 48.9 cm³/mol. The number of hydrogen-bond acceptors (Lipinski definition) is 1. The second-order valence-electron chi connectivity index (χ2n) is 4.50. The highest BCUT2D eigenvalue weighted by atomic mass is 16.1. The van der Waals surface area contributed by atoms with Crippen molar-refractivity contribution >= 4 is 5.78 Å². The fourth-order valence-electron chi connectivity index (χ4n) is 2.97. The number of ketones is 1. The highest BCUT2D eigenvalue weighted by Crippen LogP contribution is 2.47. The van der Waals surface area contributed by atoms with Gasteiger partial charge in [-0.05, 0) is 24.7 Å². The minimum atomic E-state index is 0.483. The molecule has 3 atom stereocenters. The summed E-state index contributed by atoms with van der Waals surface area (Å²) in [7, 11) is 0. The second kappa shape index (κ2) is 3.20. The van der Waals surface area contributed by atoms with E-state index in [0.717, 1.165) is 18.3 Å². The molecular formula is C11H18O. The number of unbranched alkanes of at least 4 members (excludes halogenated alkanes) is 1. The van der Waals surface area contributed by atoms with Crippen LogP contribution in [0.15, 0.2) is 0 Å².